The molecule has 0 amide bonds. The molecule has 5 nitrogen and oxygen atoms in total. The topological polar surface area (TPSA) is 72.8 Å². The number of hydrogen-bond acceptors (Lipinski definition) is 4. The van der Waals surface area contributed by atoms with Crippen molar-refractivity contribution >= 4 is 11.9 Å². The van der Waals surface area contributed by atoms with E-state index in [0.29, 0.717) is 12.8 Å². The molecule has 0 radical (unpaired) electrons. The molecule has 5 heteroatoms. The zero-order valence-corrected chi connectivity index (χ0v) is 32.2. The molecule has 0 aromatic carbocycles. The number of unbranched alkanes of at least 4 members (excludes halogenated alkanes) is 23. The Hall–Kier alpha value is -1.10. The summed E-state index contributed by atoms with van der Waals surface area (Å²) in [7, 11) is 0. The predicted molar refractivity (Wildman–Crippen MR) is 201 cm³/mol. The van der Waals surface area contributed by atoms with Crippen LogP contribution in [0.4, 0.5) is 0 Å². The van der Waals surface area contributed by atoms with Crippen LogP contribution in [0.1, 0.15) is 246 Å². The SMILES string of the molecule is CCCCCCCCC(CCCCCCCC)OC(CCCCCCCC)(CCCCCCCC)OC(=O)CCCCCCC(=O)O. The van der Waals surface area contributed by atoms with Crippen LogP contribution in [-0.2, 0) is 19.1 Å². The summed E-state index contributed by atoms with van der Waals surface area (Å²) in [5, 5.41) is 8.94. The van der Waals surface area contributed by atoms with Crippen molar-refractivity contribution < 1.29 is 24.2 Å². The van der Waals surface area contributed by atoms with Crippen molar-refractivity contribution in [2.45, 2.75) is 258 Å². The van der Waals surface area contributed by atoms with E-state index < -0.39 is 11.8 Å². The van der Waals surface area contributed by atoms with Crippen LogP contribution >= 0.6 is 0 Å². The average molecular weight is 667 g/mol. The molecule has 0 aliphatic carbocycles. The van der Waals surface area contributed by atoms with Crippen molar-refractivity contribution in [2.75, 3.05) is 0 Å². The van der Waals surface area contributed by atoms with Crippen LogP contribution < -0.4 is 0 Å². The molecule has 0 aromatic heterocycles. The largest absolute Gasteiger partial charge is 0.481 e. The van der Waals surface area contributed by atoms with E-state index in [-0.39, 0.29) is 18.5 Å². The molecular formula is C42H82O5. The monoisotopic (exact) mass is 667 g/mol. The second-order valence-corrected chi connectivity index (χ2v) is 14.6. The van der Waals surface area contributed by atoms with Gasteiger partial charge in [-0.3, -0.25) is 9.59 Å². The Morgan fingerprint density at radius 3 is 1.21 bits per heavy atom. The fourth-order valence-corrected chi connectivity index (χ4v) is 6.75. The van der Waals surface area contributed by atoms with Gasteiger partial charge in [-0.25, -0.2) is 0 Å². The Morgan fingerprint density at radius 1 is 0.468 bits per heavy atom. The van der Waals surface area contributed by atoms with Crippen molar-refractivity contribution in [3.8, 4) is 0 Å². The normalized spacial score (nSPS) is 11.9. The van der Waals surface area contributed by atoms with Crippen LogP contribution in [0, 0.1) is 0 Å². The first kappa shape index (κ1) is 45.9. The third-order valence-electron chi connectivity index (χ3n) is 9.78. The Labute approximate surface area is 293 Å². The van der Waals surface area contributed by atoms with Crippen molar-refractivity contribution in [1.82, 2.24) is 0 Å². The van der Waals surface area contributed by atoms with Crippen LogP contribution in [0.25, 0.3) is 0 Å². The fourth-order valence-electron chi connectivity index (χ4n) is 6.75. The zero-order chi connectivity index (χ0) is 34.7. The Bertz CT molecular complexity index is 646. The molecule has 0 saturated heterocycles. The third-order valence-corrected chi connectivity index (χ3v) is 9.78. The van der Waals surface area contributed by atoms with E-state index in [0.717, 1.165) is 57.8 Å². The summed E-state index contributed by atoms with van der Waals surface area (Å²) >= 11 is 0. The van der Waals surface area contributed by atoms with Gasteiger partial charge in [0.1, 0.15) is 0 Å². The predicted octanol–water partition coefficient (Wildman–Crippen LogP) is 14.0. The number of esters is 1. The van der Waals surface area contributed by atoms with E-state index in [1.807, 2.05) is 0 Å². The highest BCUT2D eigenvalue weighted by molar-refractivity contribution is 5.69. The first-order chi connectivity index (χ1) is 22.9. The molecule has 0 atom stereocenters. The maximum atomic E-state index is 13.5. The lowest BCUT2D eigenvalue weighted by Gasteiger charge is -2.37. The summed E-state index contributed by atoms with van der Waals surface area (Å²) < 4.78 is 13.7. The van der Waals surface area contributed by atoms with E-state index in [2.05, 4.69) is 27.7 Å². The van der Waals surface area contributed by atoms with Crippen LogP contribution in [0.3, 0.4) is 0 Å². The molecule has 47 heavy (non-hydrogen) atoms. The molecule has 0 rings (SSSR count). The van der Waals surface area contributed by atoms with Crippen LogP contribution in [0.15, 0.2) is 0 Å². The molecule has 0 spiro atoms. The minimum Gasteiger partial charge on any atom is -0.481 e. The summed E-state index contributed by atoms with van der Waals surface area (Å²) in [6.45, 7) is 9.08. The van der Waals surface area contributed by atoms with Crippen LogP contribution in [0.5, 0.6) is 0 Å². The van der Waals surface area contributed by atoms with Gasteiger partial charge >= 0.3 is 11.9 Å². The maximum absolute atomic E-state index is 13.5. The number of carbonyl (C=O) groups is 2. The van der Waals surface area contributed by atoms with E-state index in [1.165, 1.54) is 141 Å². The third kappa shape index (κ3) is 30.7. The first-order valence-electron chi connectivity index (χ1n) is 21.0. The molecule has 1 N–H and O–H groups in total. The van der Waals surface area contributed by atoms with Gasteiger partial charge < -0.3 is 14.6 Å². The maximum Gasteiger partial charge on any atom is 0.308 e. The lowest BCUT2D eigenvalue weighted by Crippen LogP contribution is -2.42. The summed E-state index contributed by atoms with van der Waals surface area (Å²) in [5.41, 5.74) is 0. The molecule has 0 aromatic rings. The summed E-state index contributed by atoms with van der Waals surface area (Å²) in [4.78, 5) is 24.3. The van der Waals surface area contributed by atoms with Gasteiger partial charge in [-0.05, 0) is 38.5 Å². The molecule has 280 valence electrons. The minimum absolute atomic E-state index is 0.127. The molecule has 0 fully saturated rings. The van der Waals surface area contributed by atoms with Gasteiger partial charge in [0, 0.05) is 25.7 Å². The highest BCUT2D eigenvalue weighted by Crippen LogP contribution is 2.34. The van der Waals surface area contributed by atoms with Gasteiger partial charge in [-0.1, -0.05) is 182 Å². The average Bonchev–Trinajstić information content (AvgIpc) is 3.05. The van der Waals surface area contributed by atoms with Crippen molar-refractivity contribution in [3.63, 3.8) is 0 Å². The van der Waals surface area contributed by atoms with Crippen LogP contribution in [0.2, 0.25) is 0 Å². The summed E-state index contributed by atoms with van der Waals surface area (Å²) in [6, 6.07) is 0. The van der Waals surface area contributed by atoms with E-state index in [4.69, 9.17) is 14.6 Å². The summed E-state index contributed by atoms with van der Waals surface area (Å²) in [6.07, 6.45) is 37.6. The highest BCUT2D eigenvalue weighted by atomic mass is 16.7. The lowest BCUT2D eigenvalue weighted by atomic mass is 9.97. The Kier molecular flexibility index (Phi) is 33.9. The Morgan fingerprint density at radius 2 is 0.809 bits per heavy atom. The number of ether oxygens (including phenoxy) is 2. The van der Waals surface area contributed by atoms with Gasteiger partial charge in [-0.2, -0.15) is 0 Å². The molecule has 0 aliphatic heterocycles. The number of rotatable bonds is 38. The number of carbonyl (C=O) groups excluding carboxylic acids is 1. The number of carboxylic acid groups (broad SMARTS) is 1. The quantitative estimate of drug-likeness (QED) is 0.0403. The fraction of sp³-hybridized carbons (Fsp3) is 0.952. The van der Waals surface area contributed by atoms with E-state index >= 15 is 0 Å². The molecule has 0 saturated carbocycles. The smallest absolute Gasteiger partial charge is 0.308 e. The van der Waals surface area contributed by atoms with E-state index in [9.17, 15) is 9.59 Å². The van der Waals surface area contributed by atoms with Gasteiger partial charge in [-0.15, -0.1) is 0 Å². The molecule has 0 aliphatic rings. The van der Waals surface area contributed by atoms with Gasteiger partial charge in [0.2, 0.25) is 5.79 Å². The minimum atomic E-state index is -0.814. The standard InChI is InChI=1S/C42H82O5/c1-5-9-13-17-21-27-33-39(34-28-22-18-14-10-6-2)46-42(37-31-25-19-15-11-7-3,38-32-26-20-16-12-8-4)47-41(45)36-30-24-23-29-35-40(43)44/h39H,5-38H2,1-4H3,(H,43,44). The summed E-state index contributed by atoms with van der Waals surface area (Å²) in [5.74, 6) is -1.68. The second-order valence-electron chi connectivity index (χ2n) is 14.6. The lowest BCUT2D eigenvalue weighted by molar-refractivity contribution is -0.259. The van der Waals surface area contributed by atoms with E-state index in [1.54, 1.807) is 0 Å². The molecule has 0 unspecified atom stereocenters. The first-order valence-corrected chi connectivity index (χ1v) is 21.0. The number of carboxylic acids is 1. The van der Waals surface area contributed by atoms with Gasteiger partial charge in [0.05, 0.1) is 6.10 Å². The zero-order valence-electron chi connectivity index (χ0n) is 32.2. The highest BCUT2D eigenvalue weighted by Gasteiger charge is 2.37. The molecule has 0 heterocycles. The number of aliphatic carboxylic acids is 1. The van der Waals surface area contributed by atoms with Gasteiger partial charge in [0.25, 0.3) is 0 Å². The molecular weight excluding hydrogens is 584 g/mol. The van der Waals surface area contributed by atoms with Crippen LogP contribution in [-0.4, -0.2) is 28.9 Å². The number of hydrogen-bond donors (Lipinski definition) is 1. The van der Waals surface area contributed by atoms with Gasteiger partial charge in [0.15, 0.2) is 0 Å². The van der Waals surface area contributed by atoms with Crippen molar-refractivity contribution in [3.05, 3.63) is 0 Å². The van der Waals surface area contributed by atoms with Crippen molar-refractivity contribution in [2.24, 2.45) is 0 Å². The Balaban J connectivity index is 5.71. The second kappa shape index (κ2) is 34.8. The molecule has 0 bridgehead atoms. The van der Waals surface area contributed by atoms with Crippen molar-refractivity contribution in [1.29, 1.82) is 0 Å².